The van der Waals surface area contributed by atoms with Crippen LogP contribution in [0.25, 0.3) is 0 Å². The third-order valence-corrected chi connectivity index (χ3v) is 2.76. The van der Waals surface area contributed by atoms with Crippen molar-refractivity contribution in [2.45, 2.75) is 6.54 Å². The number of benzene rings is 1. The fourth-order valence-corrected chi connectivity index (χ4v) is 1.80. The molecule has 1 heterocycles. The van der Waals surface area contributed by atoms with E-state index in [1.54, 1.807) is 24.4 Å². The normalized spacial score (nSPS) is 9.85. The SMILES string of the molecule is COc1ccc(Cl)cc1C(=O)Nc1ccn(CC#N)n1. The molecule has 0 saturated carbocycles. The molecule has 20 heavy (non-hydrogen) atoms. The molecule has 2 rings (SSSR count). The van der Waals surface area contributed by atoms with Gasteiger partial charge in [0.15, 0.2) is 5.82 Å². The van der Waals surface area contributed by atoms with Gasteiger partial charge in [-0.2, -0.15) is 10.4 Å². The molecule has 1 aromatic heterocycles. The molecule has 6 nitrogen and oxygen atoms in total. The molecular weight excluding hydrogens is 280 g/mol. The van der Waals surface area contributed by atoms with E-state index in [0.29, 0.717) is 22.2 Å². The van der Waals surface area contributed by atoms with Crippen LogP contribution < -0.4 is 10.1 Å². The topological polar surface area (TPSA) is 79.9 Å². The highest BCUT2D eigenvalue weighted by molar-refractivity contribution is 6.31. The number of nitriles is 1. The lowest BCUT2D eigenvalue weighted by molar-refractivity contribution is 0.102. The first-order valence-corrected chi connectivity index (χ1v) is 6.07. The minimum absolute atomic E-state index is 0.121. The number of halogens is 1. The molecule has 0 saturated heterocycles. The first-order valence-electron chi connectivity index (χ1n) is 5.69. The number of carbonyl (C=O) groups excluding carboxylic acids is 1. The van der Waals surface area contributed by atoms with Crippen LogP contribution in [0.4, 0.5) is 5.82 Å². The van der Waals surface area contributed by atoms with Crippen molar-refractivity contribution in [2.24, 2.45) is 0 Å². The molecule has 2 aromatic rings. The Kier molecular flexibility index (Phi) is 4.23. The molecular formula is C13H11ClN4O2. The molecule has 0 unspecified atom stereocenters. The van der Waals surface area contributed by atoms with E-state index in [1.165, 1.54) is 17.9 Å². The molecule has 0 atom stereocenters. The maximum atomic E-state index is 12.1. The smallest absolute Gasteiger partial charge is 0.260 e. The Morgan fingerprint density at radius 2 is 2.35 bits per heavy atom. The van der Waals surface area contributed by atoms with E-state index in [1.807, 2.05) is 6.07 Å². The van der Waals surface area contributed by atoms with E-state index in [-0.39, 0.29) is 12.5 Å². The van der Waals surface area contributed by atoms with Crippen LogP contribution in [-0.4, -0.2) is 22.8 Å². The lowest BCUT2D eigenvalue weighted by atomic mass is 10.2. The highest BCUT2D eigenvalue weighted by Gasteiger charge is 2.14. The van der Waals surface area contributed by atoms with Gasteiger partial charge in [0.2, 0.25) is 0 Å². The summed E-state index contributed by atoms with van der Waals surface area (Å²) in [6, 6.07) is 8.33. The summed E-state index contributed by atoms with van der Waals surface area (Å²) in [6.45, 7) is 0.121. The van der Waals surface area contributed by atoms with Crippen LogP contribution in [0.3, 0.4) is 0 Å². The lowest BCUT2D eigenvalue weighted by Crippen LogP contribution is -2.14. The average molecular weight is 291 g/mol. The lowest BCUT2D eigenvalue weighted by Gasteiger charge is -2.08. The molecule has 0 bridgehead atoms. The molecule has 1 aromatic carbocycles. The minimum atomic E-state index is -0.383. The predicted octanol–water partition coefficient (Wildman–Crippen LogP) is 2.32. The number of hydrogen-bond donors (Lipinski definition) is 1. The zero-order valence-electron chi connectivity index (χ0n) is 10.6. The molecule has 0 spiro atoms. The average Bonchev–Trinajstić information content (AvgIpc) is 2.86. The molecule has 0 fully saturated rings. The summed E-state index contributed by atoms with van der Waals surface area (Å²) < 4.78 is 6.54. The highest BCUT2D eigenvalue weighted by Crippen LogP contribution is 2.23. The Morgan fingerprint density at radius 1 is 1.55 bits per heavy atom. The van der Waals surface area contributed by atoms with Gasteiger partial charge in [0.05, 0.1) is 18.7 Å². The number of ether oxygens (including phenoxy) is 1. The number of rotatable bonds is 4. The predicted molar refractivity (Wildman–Crippen MR) is 73.8 cm³/mol. The maximum Gasteiger partial charge on any atom is 0.260 e. The van der Waals surface area contributed by atoms with E-state index in [2.05, 4.69) is 10.4 Å². The summed E-state index contributed by atoms with van der Waals surface area (Å²) >= 11 is 5.87. The molecule has 1 amide bonds. The number of carbonyl (C=O) groups is 1. The van der Waals surface area contributed by atoms with Crippen molar-refractivity contribution in [2.75, 3.05) is 12.4 Å². The number of nitrogens with one attached hydrogen (secondary N) is 1. The van der Waals surface area contributed by atoms with Crippen LogP contribution in [0.5, 0.6) is 5.75 Å². The first kappa shape index (κ1) is 13.9. The number of nitrogens with zero attached hydrogens (tertiary/aromatic N) is 3. The van der Waals surface area contributed by atoms with Crippen LogP contribution in [0, 0.1) is 11.3 Å². The number of anilines is 1. The molecule has 7 heteroatoms. The van der Waals surface area contributed by atoms with Crippen molar-refractivity contribution in [1.82, 2.24) is 9.78 Å². The zero-order valence-corrected chi connectivity index (χ0v) is 11.4. The summed E-state index contributed by atoms with van der Waals surface area (Å²) in [7, 11) is 1.47. The van der Waals surface area contributed by atoms with Crippen molar-refractivity contribution in [3.63, 3.8) is 0 Å². The van der Waals surface area contributed by atoms with Gasteiger partial charge >= 0.3 is 0 Å². The zero-order chi connectivity index (χ0) is 14.5. The van der Waals surface area contributed by atoms with Gasteiger partial charge in [-0.15, -0.1) is 0 Å². The van der Waals surface area contributed by atoms with Crippen molar-refractivity contribution in [3.05, 3.63) is 41.0 Å². The second kappa shape index (κ2) is 6.08. The Morgan fingerprint density at radius 3 is 3.05 bits per heavy atom. The van der Waals surface area contributed by atoms with Crippen LogP contribution in [0.1, 0.15) is 10.4 Å². The van der Waals surface area contributed by atoms with E-state index >= 15 is 0 Å². The van der Waals surface area contributed by atoms with Gasteiger partial charge in [0, 0.05) is 17.3 Å². The van der Waals surface area contributed by atoms with E-state index in [4.69, 9.17) is 21.6 Å². The summed E-state index contributed by atoms with van der Waals surface area (Å²) in [6.07, 6.45) is 1.61. The van der Waals surface area contributed by atoms with Crippen molar-refractivity contribution < 1.29 is 9.53 Å². The third kappa shape index (κ3) is 3.08. The monoisotopic (exact) mass is 290 g/mol. The van der Waals surface area contributed by atoms with Crippen LogP contribution in [-0.2, 0) is 6.54 Å². The molecule has 0 radical (unpaired) electrons. The summed E-state index contributed by atoms with van der Waals surface area (Å²) in [5.41, 5.74) is 0.315. The summed E-state index contributed by atoms with van der Waals surface area (Å²) in [5.74, 6) is 0.391. The molecule has 1 N–H and O–H groups in total. The number of aromatic nitrogens is 2. The summed E-state index contributed by atoms with van der Waals surface area (Å²) in [5, 5.41) is 15.6. The maximum absolute atomic E-state index is 12.1. The first-order chi connectivity index (χ1) is 9.63. The third-order valence-electron chi connectivity index (χ3n) is 2.52. The second-order valence-electron chi connectivity index (χ2n) is 3.86. The standard InChI is InChI=1S/C13H11ClN4O2/c1-20-11-3-2-9(14)8-10(11)13(19)16-12-4-6-18(17-12)7-5-15/h2-4,6,8H,7H2,1H3,(H,16,17,19). The summed E-state index contributed by atoms with van der Waals surface area (Å²) in [4.78, 5) is 12.1. The highest BCUT2D eigenvalue weighted by atomic mass is 35.5. The molecule has 102 valence electrons. The number of hydrogen-bond acceptors (Lipinski definition) is 4. The van der Waals surface area contributed by atoms with E-state index in [0.717, 1.165) is 0 Å². The fraction of sp³-hybridized carbons (Fsp3) is 0.154. The largest absolute Gasteiger partial charge is 0.496 e. The van der Waals surface area contributed by atoms with Gasteiger partial charge in [-0.05, 0) is 18.2 Å². The Labute approximate surface area is 120 Å². The van der Waals surface area contributed by atoms with Crippen molar-refractivity contribution in [1.29, 1.82) is 5.26 Å². The van der Waals surface area contributed by atoms with Crippen LogP contribution in [0.15, 0.2) is 30.5 Å². The van der Waals surface area contributed by atoms with Gasteiger partial charge in [0.25, 0.3) is 5.91 Å². The second-order valence-corrected chi connectivity index (χ2v) is 4.29. The van der Waals surface area contributed by atoms with E-state index in [9.17, 15) is 4.79 Å². The number of methoxy groups -OCH3 is 1. The number of amides is 1. The Hall–Kier alpha value is -2.52. The van der Waals surface area contributed by atoms with Gasteiger partial charge in [-0.1, -0.05) is 11.6 Å². The molecule has 0 aliphatic rings. The fourth-order valence-electron chi connectivity index (χ4n) is 1.63. The van der Waals surface area contributed by atoms with Crippen LogP contribution >= 0.6 is 11.6 Å². The van der Waals surface area contributed by atoms with Gasteiger partial charge < -0.3 is 10.1 Å². The minimum Gasteiger partial charge on any atom is -0.496 e. The van der Waals surface area contributed by atoms with Gasteiger partial charge in [-0.3, -0.25) is 9.48 Å². The quantitative estimate of drug-likeness (QED) is 0.937. The molecule has 0 aliphatic heterocycles. The van der Waals surface area contributed by atoms with Crippen molar-refractivity contribution >= 4 is 23.3 Å². The molecule has 0 aliphatic carbocycles. The van der Waals surface area contributed by atoms with Crippen molar-refractivity contribution in [3.8, 4) is 11.8 Å². The van der Waals surface area contributed by atoms with E-state index < -0.39 is 0 Å². The van der Waals surface area contributed by atoms with Gasteiger partial charge in [0.1, 0.15) is 12.3 Å². The Balaban J connectivity index is 2.19. The van der Waals surface area contributed by atoms with Crippen LogP contribution in [0.2, 0.25) is 5.02 Å². The Bertz CT molecular complexity index is 675. The van der Waals surface area contributed by atoms with Gasteiger partial charge in [-0.25, -0.2) is 0 Å².